The van der Waals surface area contributed by atoms with Crippen molar-refractivity contribution in [1.29, 1.82) is 0 Å². The van der Waals surface area contributed by atoms with E-state index in [0.29, 0.717) is 0 Å². The van der Waals surface area contributed by atoms with Gasteiger partial charge in [-0.2, -0.15) is 0 Å². The third-order valence-electron chi connectivity index (χ3n) is 0.287. The lowest BCUT2D eigenvalue weighted by Crippen LogP contribution is -1.89. The molecule has 1 aromatic heterocycles. The monoisotopic (exact) mass is 171 g/mol. The van der Waals surface area contributed by atoms with E-state index in [4.69, 9.17) is 0 Å². The zero-order valence-electron chi connectivity index (χ0n) is 8.39. The molecule has 0 aliphatic heterocycles. The van der Waals surface area contributed by atoms with E-state index in [-0.39, 0.29) is 0 Å². The first kappa shape index (κ1) is 13.5. The molecule has 0 atom stereocenters. The minimum atomic E-state index is 0.833. The molecule has 0 spiro atoms. The molecular formula is C7H17N5. The maximum atomic E-state index is 3.25. The van der Waals surface area contributed by atoms with Crippen molar-refractivity contribution >= 4 is 0 Å². The number of hydrogen-bond acceptors (Lipinski definition) is 5. The van der Waals surface area contributed by atoms with Gasteiger partial charge >= 0.3 is 0 Å². The lowest BCUT2D eigenvalue weighted by Gasteiger charge is -1.79. The lowest BCUT2D eigenvalue weighted by molar-refractivity contribution is 0.678. The molecule has 0 fully saturated rings. The van der Waals surface area contributed by atoms with Gasteiger partial charge in [-0.05, 0) is 21.6 Å². The highest BCUT2D eigenvalue weighted by Gasteiger charge is 1.68. The Balaban J connectivity index is 0. The van der Waals surface area contributed by atoms with Gasteiger partial charge in [0.2, 0.25) is 0 Å². The molecule has 0 aliphatic carbocycles. The van der Waals surface area contributed by atoms with Crippen molar-refractivity contribution in [2.45, 2.75) is 34.6 Å². The first-order valence-corrected chi connectivity index (χ1v) is 4.05. The van der Waals surface area contributed by atoms with Crippen LogP contribution in [0.15, 0.2) is 6.33 Å². The lowest BCUT2D eigenvalue weighted by atomic mass is 10.3. The van der Waals surface area contributed by atoms with Crippen LogP contribution in [0.2, 0.25) is 0 Å². The van der Waals surface area contributed by atoms with Gasteiger partial charge in [-0.1, -0.05) is 34.6 Å². The van der Waals surface area contributed by atoms with Crippen LogP contribution in [-0.4, -0.2) is 25.8 Å². The second kappa shape index (κ2) is 12.5. The average molecular weight is 171 g/mol. The molecule has 1 heterocycles. The van der Waals surface area contributed by atoms with E-state index < -0.39 is 0 Å². The SMILES string of the molecule is CC.CC(C)C.c1nnnnn1. The normalized spacial score (nSPS) is 7.50. The van der Waals surface area contributed by atoms with Crippen LogP contribution in [0, 0.1) is 5.92 Å². The van der Waals surface area contributed by atoms with Gasteiger partial charge in [0.15, 0.2) is 6.33 Å². The topological polar surface area (TPSA) is 64.5 Å². The molecule has 12 heavy (non-hydrogen) atoms. The number of rotatable bonds is 0. The smallest absolute Gasteiger partial charge is 0.115 e. The van der Waals surface area contributed by atoms with E-state index in [1.54, 1.807) is 0 Å². The molecular weight excluding hydrogens is 154 g/mol. The van der Waals surface area contributed by atoms with Crippen LogP contribution in [0.4, 0.5) is 0 Å². The van der Waals surface area contributed by atoms with Crippen molar-refractivity contribution in [3.05, 3.63) is 6.33 Å². The summed E-state index contributed by atoms with van der Waals surface area (Å²) in [6.45, 7) is 10.5. The van der Waals surface area contributed by atoms with E-state index >= 15 is 0 Å². The summed E-state index contributed by atoms with van der Waals surface area (Å²) in [5.41, 5.74) is 0. The Labute approximate surface area is 73.6 Å². The third kappa shape index (κ3) is 23.2. The van der Waals surface area contributed by atoms with Gasteiger partial charge in [0.25, 0.3) is 0 Å². The van der Waals surface area contributed by atoms with Crippen molar-refractivity contribution < 1.29 is 0 Å². The fourth-order valence-corrected chi connectivity index (χ4v) is 0.133. The molecule has 0 aromatic carbocycles. The van der Waals surface area contributed by atoms with Crippen molar-refractivity contribution in [1.82, 2.24) is 25.8 Å². The van der Waals surface area contributed by atoms with Gasteiger partial charge in [0.1, 0.15) is 0 Å². The molecule has 0 bridgehead atoms. The molecule has 5 nitrogen and oxygen atoms in total. The van der Waals surface area contributed by atoms with Crippen LogP contribution in [0.1, 0.15) is 34.6 Å². The summed E-state index contributed by atoms with van der Waals surface area (Å²) in [5, 5.41) is 15.8. The Morgan fingerprint density at radius 3 is 1.25 bits per heavy atom. The molecule has 0 aliphatic rings. The van der Waals surface area contributed by atoms with E-state index in [1.165, 1.54) is 6.33 Å². The molecule has 0 saturated carbocycles. The highest BCUT2D eigenvalue weighted by molar-refractivity contribution is 4.22. The minimum Gasteiger partial charge on any atom is -0.115 e. The molecule has 0 N–H and O–H groups in total. The summed E-state index contributed by atoms with van der Waals surface area (Å²) in [5.74, 6) is 0.833. The van der Waals surface area contributed by atoms with E-state index in [1.807, 2.05) is 13.8 Å². The van der Waals surface area contributed by atoms with Gasteiger partial charge in [0, 0.05) is 0 Å². The Hall–Kier alpha value is -1.13. The van der Waals surface area contributed by atoms with Crippen LogP contribution >= 0.6 is 0 Å². The van der Waals surface area contributed by atoms with Gasteiger partial charge in [-0.25, -0.2) is 0 Å². The Kier molecular flexibility index (Phi) is 14.1. The number of hydrogen-bond donors (Lipinski definition) is 0. The van der Waals surface area contributed by atoms with E-state index in [9.17, 15) is 0 Å². The standard InChI is InChI=1S/C4H10.C2H6.CHN5/c1-4(2)3;1-2;1-2-4-6-5-3-1/h4H,1-3H3;1-2H3;1H. The molecule has 0 unspecified atom stereocenters. The number of nitrogens with zero attached hydrogens (tertiary/aromatic N) is 5. The minimum absolute atomic E-state index is 0.833. The highest BCUT2D eigenvalue weighted by Crippen LogP contribution is 1.81. The summed E-state index contributed by atoms with van der Waals surface area (Å²) < 4.78 is 0. The van der Waals surface area contributed by atoms with Crippen LogP contribution in [-0.2, 0) is 0 Å². The molecule has 1 aromatic rings. The quantitative estimate of drug-likeness (QED) is 0.589. The van der Waals surface area contributed by atoms with Crippen LogP contribution < -0.4 is 0 Å². The predicted molar refractivity (Wildman–Crippen MR) is 47.3 cm³/mol. The van der Waals surface area contributed by atoms with Crippen molar-refractivity contribution in [2.75, 3.05) is 0 Å². The Morgan fingerprint density at radius 2 is 1.17 bits per heavy atom. The van der Waals surface area contributed by atoms with Crippen molar-refractivity contribution in [3.8, 4) is 0 Å². The van der Waals surface area contributed by atoms with Gasteiger partial charge in [-0.3, -0.25) is 0 Å². The summed E-state index contributed by atoms with van der Waals surface area (Å²) in [7, 11) is 0. The fraction of sp³-hybridized carbons (Fsp3) is 0.857. The first-order chi connectivity index (χ1) is 5.73. The zero-order valence-corrected chi connectivity index (χ0v) is 8.39. The summed E-state index contributed by atoms with van der Waals surface area (Å²) >= 11 is 0. The average Bonchev–Trinajstić information content (AvgIpc) is 2.10. The first-order valence-electron chi connectivity index (χ1n) is 4.05. The van der Waals surface area contributed by atoms with Crippen LogP contribution in [0.25, 0.3) is 0 Å². The molecule has 0 radical (unpaired) electrons. The highest BCUT2D eigenvalue weighted by atomic mass is 15.5. The molecule has 0 saturated heterocycles. The second-order valence-corrected chi connectivity index (χ2v) is 2.35. The van der Waals surface area contributed by atoms with E-state index in [0.717, 1.165) is 5.92 Å². The molecule has 5 heteroatoms. The van der Waals surface area contributed by atoms with Crippen LogP contribution in [0.5, 0.6) is 0 Å². The van der Waals surface area contributed by atoms with E-state index in [2.05, 4.69) is 46.6 Å². The van der Waals surface area contributed by atoms with Crippen molar-refractivity contribution in [3.63, 3.8) is 0 Å². The maximum absolute atomic E-state index is 3.25. The Bertz CT molecular complexity index is 112. The summed E-state index contributed by atoms with van der Waals surface area (Å²) in [6.07, 6.45) is 1.22. The molecule has 0 amide bonds. The van der Waals surface area contributed by atoms with Gasteiger partial charge in [0.05, 0.1) is 0 Å². The molecule has 70 valence electrons. The fourth-order valence-electron chi connectivity index (χ4n) is 0.133. The summed E-state index contributed by atoms with van der Waals surface area (Å²) in [6, 6.07) is 0. The second-order valence-electron chi connectivity index (χ2n) is 2.35. The Morgan fingerprint density at radius 1 is 0.833 bits per heavy atom. The van der Waals surface area contributed by atoms with Crippen LogP contribution in [0.3, 0.4) is 0 Å². The maximum Gasteiger partial charge on any atom is 0.164 e. The van der Waals surface area contributed by atoms with Gasteiger partial charge < -0.3 is 0 Å². The predicted octanol–water partition coefficient (Wildman–Crippen LogP) is 1.35. The third-order valence-corrected chi connectivity index (χ3v) is 0.287. The largest absolute Gasteiger partial charge is 0.164 e. The number of aromatic nitrogens is 5. The van der Waals surface area contributed by atoms with Crippen molar-refractivity contribution in [2.24, 2.45) is 5.92 Å². The zero-order chi connectivity index (χ0) is 9.82. The summed E-state index contributed by atoms with van der Waals surface area (Å²) in [4.78, 5) is 0. The molecule has 1 rings (SSSR count). The van der Waals surface area contributed by atoms with Gasteiger partial charge in [-0.15, -0.1) is 10.2 Å².